The number of carbonyl (C=O) groups excluding carboxylic acids is 1. The molecular formula is C25H23BF4KNO5S. The molecule has 6 nitrogen and oxygen atoms in total. The van der Waals surface area contributed by atoms with Crippen molar-refractivity contribution < 1.29 is 90.3 Å². The first-order chi connectivity index (χ1) is 17.3. The van der Waals surface area contributed by atoms with Crippen molar-refractivity contribution in [2.45, 2.75) is 33.2 Å². The van der Waals surface area contributed by atoms with Crippen molar-refractivity contribution in [3.63, 3.8) is 0 Å². The van der Waals surface area contributed by atoms with Crippen LogP contribution in [0.1, 0.15) is 39.3 Å². The van der Waals surface area contributed by atoms with Gasteiger partial charge in [0.25, 0.3) is 0 Å². The Morgan fingerprint density at radius 1 is 0.921 bits per heavy atom. The Kier molecular flexibility index (Phi) is 9.42. The number of hydrogen-bond acceptors (Lipinski definition) is 5. The average molecular weight is 575 g/mol. The summed E-state index contributed by atoms with van der Waals surface area (Å²) in [6.07, 6.45) is -0.874. The molecule has 0 spiro atoms. The van der Waals surface area contributed by atoms with Crippen LogP contribution in [0, 0.1) is 20.8 Å². The Balaban J connectivity index is 0.00000400. The van der Waals surface area contributed by atoms with Gasteiger partial charge in [0.15, 0.2) is 0 Å². The van der Waals surface area contributed by atoms with Gasteiger partial charge in [-0.1, -0.05) is 63.4 Å². The second-order valence-electron chi connectivity index (χ2n) is 8.83. The summed E-state index contributed by atoms with van der Waals surface area (Å²) in [6, 6.07) is 15.5. The first kappa shape index (κ1) is 30.6. The largest absolute Gasteiger partial charge is 1.00 e. The molecule has 3 aromatic rings. The number of nitrogens with one attached hydrogen (secondary N) is 1. The summed E-state index contributed by atoms with van der Waals surface area (Å²) in [7, 11) is -5.58. The number of halogens is 4. The van der Waals surface area contributed by atoms with Crippen LogP contribution in [0.4, 0.5) is 21.6 Å². The molecule has 38 heavy (non-hydrogen) atoms. The van der Waals surface area contributed by atoms with E-state index in [2.05, 4.69) is 9.50 Å². The molecule has 0 unspecified atom stereocenters. The number of fused-ring (bicyclic) bond motifs is 3. The SMILES string of the molecule is Cc1c(CNC(=O)OCC2c3ccccc3-c3ccccc32)c(C)c([B-](F)(F)F)c(C)c1OS(=O)(=O)F.[K+]. The molecule has 1 amide bonds. The third kappa shape index (κ3) is 6.29. The number of hydrogen-bond donors (Lipinski definition) is 1. The van der Waals surface area contributed by atoms with Gasteiger partial charge in [0.1, 0.15) is 12.4 Å². The zero-order valence-electron chi connectivity index (χ0n) is 21.1. The zero-order valence-corrected chi connectivity index (χ0v) is 25.1. The van der Waals surface area contributed by atoms with E-state index < -0.39 is 46.9 Å². The molecule has 4 rings (SSSR count). The number of alkyl carbamates (subject to hydrolysis) is 1. The van der Waals surface area contributed by atoms with Gasteiger partial charge in [0, 0.05) is 12.5 Å². The van der Waals surface area contributed by atoms with E-state index in [4.69, 9.17) is 4.74 Å². The van der Waals surface area contributed by atoms with Crippen molar-refractivity contribution in [3.8, 4) is 16.9 Å². The normalized spacial score (nSPS) is 12.8. The molecule has 0 saturated carbocycles. The summed E-state index contributed by atoms with van der Waals surface area (Å²) in [6.45, 7) is -2.52. The van der Waals surface area contributed by atoms with Crippen molar-refractivity contribution in [2.24, 2.45) is 0 Å². The molecule has 0 bridgehead atoms. The summed E-state index contributed by atoms with van der Waals surface area (Å²) in [4.78, 5) is 12.5. The number of benzene rings is 3. The topological polar surface area (TPSA) is 81.7 Å². The molecule has 0 saturated heterocycles. The van der Waals surface area contributed by atoms with Gasteiger partial charge in [-0.2, -0.15) is 8.42 Å². The molecule has 1 N–H and O–H groups in total. The molecular weight excluding hydrogens is 552 g/mol. The Morgan fingerprint density at radius 2 is 1.45 bits per heavy atom. The third-order valence-electron chi connectivity index (χ3n) is 6.66. The second-order valence-corrected chi connectivity index (χ2v) is 9.78. The standard InChI is InChI=1S/C25H23BF4NO5S.K/c1-14-21(15(2)24(36-37(30,33)34)16(3)23(14)26(27,28)29)12-31-25(32)35-13-22-19-10-6-4-8-17(19)18-9-5-7-11-20(18)22;/h4-11,22H,12-13H2,1-3H3,(H,31,32);/q-1;+1. The van der Waals surface area contributed by atoms with Crippen LogP contribution >= 0.6 is 0 Å². The van der Waals surface area contributed by atoms with Crippen LogP contribution in [0.25, 0.3) is 11.1 Å². The van der Waals surface area contributed by atoms with E-state index in [1.807, 2.05) is 48.5 Å². The fraction of sp³-hybridized carbons (Fsp3) is 0.240. The number of ether oxygens (including phenoxy) is 1. The quantitative estimate of drug-likeness (QED) is 0.266. The van der Waals surface area contributed by atoms with Gasteiger partial charge in [-0.3, -0.25) is 0 Å². The second kappa shape index (κ2) is 11.7. The van der Waals surface area contributed by atoms with E-state index in [1.165, 1.54) is 13.8 Å². The molecule has 3 aromatic carbocycles. The Hall–Kier alpha value is -1.90. The summed E-state index contributed by atoms with van der Waals surface area (Å²) in [5, 5.41) is 2.42. The Bertz CT molecular complexity index is 1450. The Morgan fingerprint density at radius 3 is 1.95 bits per heavy atom. The van der Waals surface area contributed by atoms with Crippen LogP contribution < -0.4 is 66.3 Å². The minimum Gasteiger partial charge on any atom is -0.449 e. The predicted molar refractivity (Wildman–Crippen MR) is 132 cm³/mol. The summed E-state index contributed by atoms with van der Waals surface area (Å²) < 4.78 is 86.5. The fourth-order valence-electron chi connectivity index (χ4n) is 5.06. The summed E-state index contributed by atoms with van der Waals surface area (Å²) >= 11 is 0. The van der Waals surface area contributed by atoms with Gasteiger partial charge in [-0.05, 0) is 59.7 Å². The molecule has 0 aromatic heterocycles. The average Bonchev–Trinajstić information content (AvgIpc) is 3.12. The molecule has 1 aliphatic rings. The molecule has 196 valence electrons. The number of carbonyl (C=O) groups is 1. The van der Waals surface area contributed by atoms with Gasteiger partial charge in [-0.15, -0.1) is 0 Å². The monoisotopic (exact) mass is 575 g/mol. The van der Waals surface area contributed by atoms with Crippen LogP contribution in [-0.4, -0.2) is 28.1 Å². The maximum absolute atomic E-state index is 13.8. The van der Waals surface area contributed by atoms with E-state index >= 15 is 0 Å². The third-order valence-corrected chi connectivity index (χ3v) is 7.02. The van der Waals surface area contributed by atoms with E-state index in [-0.39, 0.29) is 80.6 Å². The smallest absolute Gasteiger partial charge is 0.449 e. The van der Waals surface area contributed by atoms with Crippen LogP contribution in [0.2, 0.25) is 0 Å². The van der Waals surface area contributed by atoms with Crippen molar-refractivity contribution in [2.75, 3.05) is 6.61 Å². The van der Waals surface area contributed by atoms with E-state index in [0.717, 1.165) is 29.2 Å². The number of rotatable bonds is 7. The maximum Gasteiger partial charge on any atom is 1.00 e. The van der Waals surface area contributed by atoms with Crippen LogP contribution in [0.3, 0.4) is 0 Å². The maximum atomic E-state index is 13.8. The van der Waals surface area contributed by atoms with Gasteiger partial charge >= 0.3 is 75.0 Å². The van der Waals surface area contributed by atoms with Gasteiger partial charge in [0.05, 0.1) is 0 Å². The van der Waals surface area contributed by atoms with E-state index in [0.29, 0.717) is 0 Å². The van der Waals surface area contributed by atoms with Crippen molar-refractivity contribution >= 4 is 29.0 Å². The van der Waals surface area contributed by atoms with Gasteiger partial charge < -0.3 is 27.2 Å². The minimum atomic E-state index is -5.60. The summed E-state index contributed by atoms with van der Waals surface area (Å²) in [5.74, 6) is -0.970. The first-order valence-corrected chi connectivity index (χ1v) is 12.7. The molecule has 0 radical (unpaired) electrons. The van der Waals surface area contributed by atoms with E-state index in [9.17, 15) is 30.0 Å². The van der Waals surface area contributed by atoms with Crippen LogP contribution in [0.15, 0.2) is 48.5 Å². The first-order valence-electron chi connectivity index (χ1n) is 11.3. The summed E-state index contributed by atoms with van der Waals surface area (Å²) in [5.41, 5.74) is 2.10. The van der Waals surface area contributed by atoms with Crippen molar-refractivity contribution in [1.82, 2.24) is 5.32 Å². The van der Waals surface area contributed by atoms with Crippen molar-refractivity contribution in [1.29, 1.82) is 0 Å². The molecule has 1 aliphatic carbocycles. The fourth-order valence-corrected chi connectivity index (χ4v) is 5.51. The van der Waals surface area contributed by atoms with Crippen molar-refractivity contribution in [3.05, 3.63) is 81.9 Å². The molecule has 0 fully saturated rings. The molecule has 0 aliphatic heterocycles. The van der Waals surface area contributed by atoms with Gasteiger partial charge in [-0.25, -0.2) is 4.79 Å². The molecule has 0 heterocycles. The Labute approximate surface area is 261 Å². The van der Waals surface area contributed by atoms with Crippen LogP contribution in [-0.2, 0) is 21.8 Å². The minimum absolute atomic E-state index is 0. The van der Waals surface area contributed by atoms with Crippen LogP contribution in [0.5, 0.6) is 5.75 Å². The zero-order chi connectivity index (χ0) is 27.1. The predicted octanol–water partition coefficient (Wildman–Crippen LogP) is 2.30. The van der Waals surface area contributed by atoms with Gasteiger partial charge in [0.2, 0.25) is 0 Å². The van der Waals surface area contributed by atoms with E-state index in [1.54, 1.807) is 0 Å². The number of amides is 1. The molecule has 0 atom stereocenters. The molecule has 13 heteroatoms.